The zero-order valence-corrected chi connectivity index (χ0v) is 13.6. The summed E-state index contributed by atoms with van der Waals surface area (Å²) in [5.41, 5.74) is 5.91. The molecular weight excluding hydrogens is 320 g/mol. The minimum Gasteiger partial charge on any atom is -0.395 e. The van der Waals surface area contributed by atoms with Crippen molar-refractivity contribution in [1.82, 2.24) is 4.31 Å². The van der Waals surface area contributed by atoms with Gasteiger partial charge in [0.25, 0.3) is 0 Å². The molecule has 8 heteroatoms. The summed E-state index contributed by atoms with van der Waals surface area (Å²) >= 11 is 10.8. The first-order valence-electron chi connectivity index (χ1n) is 5.94. The molecule has 0 aromatic heterocycles. The van der Waals surface area contributed by atoms with E-state index < -0.39 is 10.0 Å². The molecule has 0 atom stereocenters. The van der Waals surface area contributed by atoms with Gasteiger partial charge in [0.15, 0.2) is 0 Å². The maximum Gasteiger partial charge on any atom is 0.243 e. The molecule has 20 heavy (non-hydrogen) atoms. The summed E-state index contributed by atoms with van der Waals surface area (Å²) in [5.74, 6) is 0. The van der Waals surface area contributed by atoms with Gasteiger partial charge in [0.1, 0.15) is 4.99 Å². The number of hydrogen-bond donors (Lipinski definition) is 2. The molecule has 0 heterocycles. The first kappa shape index (κ1) is 17.3. The molecule has 112 valence electrons. The Morgan fingerprint density at radius 1 is 1.50 bits per heavy atom. The lowest BCUT2D eigenvalue weighted by Crippen LogP contribution is -2.39. The highest BCUT2D eigenvalue weighted by Gasteiger charge is 2.27. The lowest BCUT2D eigenvalue weighted by molar-refractivity contribution is 0.236. The summed E-state index contributed by atoms with van der Waals surface area (Å²) in [6.45, 7) is 3.24. The number of aliphatic hydroxyl groups excluding tert-OH is 1. The van der Waals surface area contributed by atoms with E-state index >= 15 is 0 Å². The number of aliphatic hydroxyl groups is 1. The third kappa shape index (κ3) is 3.67. The van der Waals surface area contributed by atoms with E-state index in [4.69, 9.17) is 34.7 Å². The molecule has 0 aliphatic carbocycles. The Labute approximate surface area is 129 Å². The number of nitrogens with zero attached hydrogens (tertiary/aromatic N) is 1. The van der Waals surface area contributed by atoms with Gasteiger partial charge in [-0.15, -0.1) is 0 Å². The standard InChI is InChI=1S/C12H17ClN2O3S2/c1-8(2)15(5-6-16)20(17,18)9-3-4-10(12(14)19)11(13)7-9/h3-4,7-8,16H,5-6H2,1-2H3,(H2,14,19). The first-order valence-corrected chi connectivity index (χ1v) is 8.16. The van der Waals surface area contributed by atoms with Gasteiger partial charge in [0.2, 0.25) is 10.0 Å². The highest BCUT2D eigenvalue weighted by Crippen LogP contribution is 2.24. The van der Waals surface area contributed by atoms with Crippen molar-refractivity contribution in [1.29, 1.82) is 0 Å². The molecule has 3 N–H and O–H groups in total. The molecule has 0 saturated heterocycles. The van der Waals surface area contributed by atoms with Crippen LogP contribution in [-0.2, 0) is 10.0 Å². The molecular formula is C12H17ClN2O3S2. The summed E-state index contributed by atoms with van der Waals surface area (Å²) in [4.78, 5) is 0.152. The van der Waals surface area contributed by atoms with Crippen molar-refractivity contribution < 1.29 is 13.5 Å². The van der Waals surface area contributed by atoms with Crippen LogP contribution in [0.1, 0.15) is 19.4 Å². The van der Waals surface area contributed by atoms with Crippen molar-refractivity contribution in [2.45, 2.75) is 24.8 Å². The van der Waals surface area contributed by atoms with Crippen LogP contribution in [0.15, 0.2) is 23.1 Å². The van der Waals surface area contributed by atoms with E-state index in [0.29, 0.717) is 5.56 Å². The number of hydrogen-bond acceptors (Lipinski definition) is 4. The molecule has 0 radical (unpaired) electrons. The number of rotatable bonds is 6. The van der Waals surface area contributed by atoms with Gasteiger partial charge in [-0.3, -0.25) is 0 Å². The average Bonchev–Trinajstić information content (AvgIpc) is 2.34. The highest BCUT2D eigenvalue weighted by atomic mass is 35.5. The molecule has 0 saturated carbocycles. The minimum absolute atomic E-state index is 0.0225. The van der Waals surface area contributed by atoms with E-state index in [-0.39, 0.29) is 34.1 Å². The van der Waals surface area contributed by atoms with E-state index in [1.165, 1.54) is 22.5 Å². The van der Waals surface area contributed by atoms with Crippen LogP contribution in [0.4, 0.5) is 0 Å². The molecule has 0 unspecified atom stereocenters. The Bertz CT molecular complexity index is 603. The molecule has 1 aromatic carbocycles. The Hall–Kier alpha value is -0.730. The van der Waals surface area contributed by atoms with E-state index in [0.717, 1.165) is 0 Å². The lowest BCUT2D eigenvalue weighted by atomic mass is 10.2. The average molecular weight is 337 g/mol. The van der Waals surface area contributed by atoms with Crippen molar-refractivity contribution >= 4 is 38.8 Å². The molecule has 1 aromatic rings. The Balaban J connectivity index is 3.28. The smallest absolute Gasteiger partial charge is 0.243 e. The topological polar surface area (TPSA) is 83.6 Å². The second-order valence-electron chi connectivity index (χ2n) is 4.44. The van der Waals surface area contributed by atoms with Crippen LogP contribution in [0.3, 0.4) is 0 Å². The molecule has 0 aliphatic heterocycles. The van der Waals surface area contributed by atoms with Crippen LogP contribution in [0.5, 0.6) is 0 Å². The van der Waals surface area contributed by atoms with Gasteiger partial charge in [-0.2, -0.15) is 4.31 Å². The fraction of sp³-hybridized carbons (Fsp3) is 0.417. The summed E-state index contributed by atoms with van der Waals surface area (Å²) in [7, 11) is -3.72. The van der Waals surface area contributed by atoms with Gasteiger partial charge in [0.05, 0.1) is 16.5 Å². The Morgan fingerprint density at radius 3 is 2.50 bits per heavy atom. The Morgan fingerprint density at radius 2 is 2.10 bits per heavy atom. The van der Waals surface area contributed by atoms with E-state index in [2.05, 4.69) is 0 Å². The van der Waals surface area contributed by atoms with Crippen LogP contribution in [0.25, 0.3) is 0 Å². The molecule has 0 fully saturated rings. The summed E-state index contributed by atoms with van der Waals surface area (Å²) in [6.07, 6.45) is 0. The third-order valence-corrected chi connectivity index (χ3v) is 5.31. The Kier molecular flexibility index (Phi) is 5.91. The molecule has 5 nitrogen and oxygen atoms in total. The maximum atomic E-state index is 12.5. The number of thiocarbonyl (C=S) groups is 1. The number of halogens is 1. The zero-order valence-electron chi connectivity index (χ0n) is 11.2. The van der Waals surface area contributed by atoms with Crippen LogP contribution in [-0.4, -0.2) is 42.0 Å². The van der Waals surface area contributed by atoms with Gasteiger partial charge in [-0.05, 0) is 32.0 Å². The van der Waals surface area contributed by atoms with Crippen molar-refractivity contribution in [3.63, 3.8) is 0 Å². The fourth-order valence-corrected chi connectivity index (χ4v) is 3.98. The molecule has 1 rings (SSSR count). The predicted molar refractivity (Wildman–Crippen MR) is 83.5 cm³/mol. The quantitative estimate of drug-likeness (QED) is 0.766. The minimum atomic E-state index is -3.72. The highest BCUT2D eigenvalue weighted by molar-refractivity contribution is 7.89. The fourth-order valence-electron chi connectivity index (χ4n) is 1.75. The zero-order chi connectivity index (χ0) is 15.5. The van der Waals surface area contributed by atoms with E-state index in [9.17, 15) is 8.42 Å². The van der Waals surface area contributed by atoms with Crippen LogP contribution in [0.2, 0.25) is 5.02 Å². The third-order valence-electron chi connectivity index (χ3n) is 2.71. The summed E-state index contributed by atoms with van der Waals surface area (Å²) in [6, 6.07) is 3.93. The molecule has 0 spiro atoms. The van der Waals surface area contributed by atoms with Crippen molar-refractivity contribution in [3.8, 4) is 0 Å². The van der Waals surface area contributed by atoms with E-state index in [1.807, 2.05) is 0 Å². The summed E-state index contributed by atoms with van der Waals surface area (Å²) in [5, 5.41) is 9.19. The molecule has 0 aliphatic rings. The second-order valence-corrected chi connectivity index (χ2v) is 7.18. The van der Waals surface area contributed by atoms with Crippen molar-refractivity contribution in [2.24, 2.45) is 5.73 Å². The SMILES string of the molecule is CC(C)N(CCO)S(=O)(=O)c1ccc(C(N)=S)c(Cl)c1. The number of benzene rings is 1. The maximum absolute atomic E-state index is 12.5. The first-order chi connectivity index (χ1) is 9.21. The van der Waals surface area contributed by atoms with E-state index in [1.54, 1.807) is 13.8 Å². The largest absolute Gasteiger partial charge is 0.395 e. The predicted octanol–water partition coefficient (Wildman–Crippen LogP) is 1.37. The second kappa shape index (κ2) is 6.82. The monoisotopic (exact) mass is 336 g/mol. The van der Waals surface area contributed by atoms with Gasteiger partial charge in [0, 0.05) is 18.2 Å². The van der Waals surface area contributed by atoms with Crippen LogP contribution < -0.4 is 5.73 Å². The normalized spacial score (nSPS) is 12.1. The molecule has 0 bridgehead atoms. The number of sulfonamides is 1. The van der Waals surface area contributed by atoms with Gasteiger partial charge < -0.3 is 10.8 Å². The van der Waals surface area contributed by atoms with Gasteiger partial charge >= 0.3 is 0 Å². The van der Waals surface area contributed by atoms with Gasteiger partial charge in [-0.1, -0.05) is 23.8 Å². The molecule has 0 amide bonds. The lowest BCUT2D eigenvalue weighted by Gasteiger charge is -2.25. The van der Waals surface area contributed by atoms with Gasteiger partial charge in [-0.25, -0.2) is 8.42 Å². The summed E-state index contributed by atoms with van der Waals surface area (Å²) < 4.78 is 26.2. The van der Waals surface area contributed by atoms with Crippen LogP contribution in [0, 0.1) is 0 Å². The van der Waals surface area contributed by atoms with Crippen LogP contribution >= 0.6 is 23.8 Å². The number of nitrogens with two attached hydrogens (primary N) is 1. The van der Waals surface area contributed by atoms with Crippen molar-refractivity contribution in [3.05, 3.63) is 28.8 Å². The van der Waals surface area contributed by atoms with Crippen molar-refractivity contribution in [2.75, 3.05) is 13.2 Å².